The molecule has 19 heavy (non-hydrogen) atoms. The lowest BCUT2D eigenvalue weighted by Crippen LogP contribution is -2.15. The van der Waals surface area contributed by atoms with Gasteiger partial charge in [0.25, 0.3) is 0 Å². The van der Waals surface area contributed by atoms with Crippen LogP contribution in [0.4, 0.5) is 10.1 Å². The van der Waals surface area contributed by atoms with Crippen molar-refractivity contribution in [1.82, 2.24) is 9.55 Å². The van der Waals surface area contributed by atoms with Crippen LogP contribution in [0.15, 0.2) is 35.3 Å². The number of hydrogen-bond donors (Lipinski definition) is 1. The van der Waals surface area contributed by atoms with Crippen LogP contribution >= 0.6 is 15.9 Å². The molecule has 0 saturated carbocycles. The summed E-state index contributed by atoms with van der Waals surface area (Å²) in [5.41, 5.74) is 1.31. The van der Waals surface area contributed by atoms with E-state index in [1.165, 1.54) is 6.07 Å². The SMILES string of the molecule is Cc1cc(F)c(Br)cc1NC(=O)CCn1ccnc1. The average Bonchev–Trinajstić information content (AvgIpc) is 2.86. The number of carbonyl (C=O) groups excluding carboxylic acids is 1. The number of aromatic nitrogens is 2. The molecule has 1 aromatic heterocycles. The van der Waals surface area contributed by atoms with E-state index in [0.29, 0.717) is 28.7 Å². The van der Waals surface area contributed by atoms with E-state index >= 15 is 0 Å². The fourth-order valence-corrected chi connectivity index (χ4v) is 1.99. The Morgan fingerprint density at radius 1 is 1.53 bits per heavy atom. The van der Waals surface area contributed by atoms with Gasteiger partial charge in [0.05, 0.1) is 10.8 Å². The molecular weight excluding hydrogens is 313 g/mol. The van der Waals surface area contributed by atoms with E-state index in [1.54, 1.807) is 31.7 Å². The summed E-state index contributed by atoms with van der Waals surface area (Å²) in [7, 11) is 0. The fraction of sp³-hybridized carbons (Fsp3) is 0.231. The highest BCUT2D eigenvalue weighted by Crippen LogP contribution is 2.24. The van der Waals surface area contributed by atoms with Crippen LogP contribution < -0.4 is 5.32 Å². The zero-order valence-corrected chi connectivity index (χ0v) is 11.9. The Labute approximate surface area is 118 Å². The molecule has 0 unspecified atom stereocenters. The number of halogens is 2. The number of nitrogens with zero attached hydrogens (tertiary/aromatic N) is 2. The van der Waals surface area contributed by atoms with Gasteiger partial charge in [-0.25, -0.2) is 9.37 Å². The third-order valence-corrected chi connectivity index (χ3v) is 3.31. The Morgan fingerprint density at radius 3 is 3.00 bits per heavy atom. The molecule has 1 heterocycles. The van der Waals surface area contributed by atoms with Gasteiger partial charge in [-0.2, -0.15) is 0 Å². The van der Waals surface area contributed by atoms with Crippen LogP contribution in [0.3, 0.4) is 0 Å². The van der Waals surface area contributed by atoms with Crippen molar-refractivity contribution in [1.29, 1.82) is 0 Å². The van der Waals surface area contributed by atoms with Crippen LogP contribution in [0.2, 0.25) is 0 Å². The molecular formula is C13H13BrFN3O. The predicted molar refractivity (Wildman–Crippen MR) is 74.3 cm³/mol. The smallest absolute Gasteiger partial charge is 0.226 e. The first kappa shape index (κ1) is 13.7. The van der Waals surface area contributed by atoms with E-state index in [2.05, 4.69) is 26.2 Å². The molecule has 0 bridgehead atoms. The summed E-state index contributed by atoms with van der Waals surface area (Å²) in [6, 6.07) is 2.95. The quantitative estimate of drug-likeness (QED) is 0.938. The fourth-order valence-electron chi connectivity index (χ4n) is 1.64. The monoisotopic (exact) mass is 325 g/mol. The van der Waals surface area contributed by atoms with Gasteiger partial charge in [0.2, 0.25) is 5.91 Å². The zero-order chi connectivity index (χ0) is 13.8. The Balaban J connectivity index is 1.97. The Hall–Kier alpha value is -1.69. The maximum atomic E-state index is 13.3. The second-order valence-electron chi connectivity index (χ2n) is 4.18. The number of anilines is 1. The molecule has 4 nitrogen and oxygen atoms in total. The number of rotatable bonds is 4. The summed E-state index contributed by atoms with van der Waals surface area (Å²) in [6.07, 6.45) is 5.46. The number of nitrogens with one attached hydrogen (secondary N) is 1. The van der Waals surface area contributed by atoms with Crippen molar-refractivity contribution in [2.24, 2.45) is 0 Å². The van der Waals surface area contributed by atoms with Gasteiger partial charge in [-0.1, -0.05) is 0 Å². The second-order valence-corrected chi connectivity index (χ2v) is 5.03. The van der Waals surface area contributed by atoms with Gasteiger partial charge in [-0.05, 0) is 40.5 Å². The third kappa shape index (κ3) is 3.64. The minimum atomic E-state index is -0.339. The minimum Gasteiger partial charge on any atom is -0.337 e. The molecule has 0 fully saturated rings. The molecule has 2 aromatic rings. The van der Waals surface area contributed by atoms with Crippen LogP contribution in [0.5, 0.6) is 0 Å². The molecule has 1 N–H and O–H groups in total. The lowest BCUT2D eigenvalue weighted by molar-refractivity contribution is -0.116. The van der Waals surface area contributed by atoms with Crippen LogP contribution in [0.1, 0.15) is 12.0 Å². The van der Waals surface area contributed by atoms with E-state index in [9.17, 15) is 9.18 Å². The van der Waals surface area contributed by atoms with Crippen LogP contribution in [-0.2, 0) is 11.3 Å². The molecule has 0 spiro atoms. The van der Waals surface area contributed by atoms with Crippen molar-refractivity contribution in [3.05, 3.63) is 46.7 Å². The van der Waals surface area contributed by atoms with Gasteiger partial charge >= 0.3 is 0 Å². The van der Waals surface area contributed by atoms with E-state index < -0.39 is 0 Å². The molecule has 1 aromatic carbocycles. The molecule has 6 heteroatoms. The lowest BCUT2D eigenvalue weighted by atomic mass is 10.2. The van der Waals surface area contributed by atoms with E-state index in [-0.39, 0.29) is 11.7 Å². The van der Waals surface area contributed by atoms with E-state index in [1.807, 2.05) is 4.57 Å². The van der Waals surface area contributed by atoms with Gasteiger partial charge in [0.15, 0.2) is 0 Å². The first-order valence-electron chi connectivity index (χ1n) is 5.77. The molecule has 0 atom stereocenters. The molecule has 0 radical (unpaired) electrons. The minimum absolute atomic E-state index is 0.115. The average molecular weight is 326 g/mol. The van der Waals surface area contributed by atoms with Crippen LogP contribution in [0, 0.1) is 12.7 Å². The van der Waals surface area contributed by atoms with Gasteiger partial charge in [0.1, 0.15) is 5.82 Å². The molecule has 0 aliphatic heterocycles. The normalized spacial score (nSPS) is 10.5. The summed E-state index contributed by atoms with van der Waals surface area (Å²) in [5.74, 6) is -0.454. The van der Waals surface area contributed by atoms with Crippen molar-refractivity contribution in [3.63, 3.8) is 0 Å². The summed E-state index contributed by atoms with van der Waals surface area (Å²) in [6.45, 7) is 2.31. The summed E-state index contributed by atoms with van der Waals surface area (Å²) in [5, 5.41) is 2.77. The van der Waals surface area contributed by atoms with Crippen LogP contribution in [0.25, 0.3) is 0 Å². The third-order valence-electron chi connectivity index (χ3n) is 2.70. The number of amides is 1. The van der Waals surface area contributed by atoms with Gasteiger partial charge in [-0.15, -0.1) is 0 Å². The number of benzene rings is 1. The molecule has 0 saturated heterocycles. The van der Waals surface area contributed by atoms with Crippen molar-refractivity contribution < 1.29 is 9.18 Å². The summed E-state index contributed by atoms with van der Waals surface area (Å²) < 4.78 is 15.4. The first-order chi connectivity index (χ1) is 9.06. The molecule has 100 valence electrons. The standard InChI is InChI=1S/C13H13BrFN3O/c1-9-6-11(15)10(14)7-12(9)17-13(19)2-4-18-5-3-16-8-18/h3,5-8H,2,4H2,1H3,(H,17,19). The number of imidazole rings is 1. The Morgan fingerprint density at radius 2 is 2.32 bits per heavy atom. The van der Waals surface area contributed by atoms with Gasteiger partial charge in [-0.3, -0.25) is 4.79 Å². The highest BCUT2D eigenvalue weighted by molar-refractivity contribution is 9.10. The second kappa shape index (κ2) is 5.97. The highest BCUT2D eigenvalue weighted by atomic mass is 79.9. The lowest BCUT2D eigenvalue weighted by Gasteiger charge is -2.09. The van der Waals surface area contributed by atoms with E-state index in [4.69, 9.17) is 0 Å². The van der Waals surface area contributed by atoms with Crippen molar-refractivity contribution >= 4 is 27.5 Å². The number of carbonyl (C=O) groups is 1. The molecule has 0 aliphatic rings. The van der Waals surface area contributed by atoms with Crippen molar-refractivity contribution in [2.45, 2.75) is 19.9 Å². The predicted octanol–water partition coefficient (Wildman–Crippen LogP) is 3.12. The summed E-state index contributed by atoms with van der Waals surface area (Å²) >= 11 is 3.10. The topological polar surface area (TPSA) is 46.9 Å². The largest absolute Gasteiger partial charge is 0.337 e. The van der Waals surface area contributed by atoms with Crippen molar-refractivity contribution in [3.8, 4) is 0 Å². The van der Waals surface area contributed by atoms with Crippen LogP contribution in [-0.4, -0.2) is 15.5 Å². The maximum Gasteiger partial charge on any atom is 0.226 e. The Bertz CT molecular complexity index is 584. The zero-order valence-electron chi connectivity index (χ0n) is 10.4. The number of hydrogen-bond acceptors (Lipinski definition) is 2. The van der Waals surface area contributed by atoms with E-state index in [0.717, 1.165) is 0 Å². The molecule has 2 rings (SSSR count). The maximum absolute atomic E-state index is 13.3. The summed E-state index contributed by atoms with van der Waals surface area (Å²) in [4.78, 5) is 15.7. The molecule has 1 amide bonds. The Kier molecular flexibility index (Phi) is 4.31. The highest BCUT2D eigenvalue weighted by Gasteiger charge is 2.08. The van der Waals surface area contributed by atoms with Crippen molar-refractivity contribution in [2.75, 3.05) is 5.32 Å². The molecule has 0 aliphatic carbocycles. The number of aryl methyl sites for hydroxylation is 2. The first-order valence-corrected chi connectivity index (χ1v) is 6.57. The van der Waals surface area contributed by atoms with Gasteiger partial charge < -0.3 is 9.88 Å². The van der Waals surface area contributed by atoms with Gasteiger partial charge in [0, 0.05) is 31.0 Å².